The maximum atomic E-state index is 13.7. The second-order valence-electron chi connectivity index (χ2n) is 4.01. The summed E-state index contributed by atoms with van der Waals surface area (Å²) in [6.45, 7) is 3.94. The van der Waals surface area contributed by atoms with Crippen LogP contribution in [0.4, 0.5) is 10.1 Å². The molecule has 3 nitrogen and oxygen atoms in total. The zero-order chi connectivity index (χ0) is 13.1. The molecule has 5 heteroatoms. The lowest BCUT2D eigenvalue weighted by Crippen LogP contribution is -2.08. The molecule has 0 radical (unpaired) electrons. The number of methoxy groups -OCH3 is 1. The molecule has 2 aromatic rings. The maximum absolute atomic E-state index is 13.7. The van der Waals surface area contributed by atoms with Crippen LogP contribution in [0.25, 0.3) is 0 Å². The summed E-state index contributed by atoms with van der Waals surface area (Å²) >= 11 is 1.57. The van der Waals surface area contributed by atoms with Crippen LogP contribution in [0, 0.1) is 12.7 Å². The highest BCUT2D eigenvalue weighted by atomic mass is 32.1. The molecule has 0 aliphatic heterocycles. The topological polar surface area (TPSA) is 34.1 Å². The van der Waals surface area contributed by atoms with Crippen LogP contribution in [-0.2, 0) is 0 Å². The van der Waals surface area contributed by atoms with Gasteiger partial charge in [0, 0.05) is 10.9 Å². The number of hydrogen-bond acceptors (Lipinski definition) is 4. The minimum atomic E-state index is -0.287. The number of nitrogens with one attached hydrogen (secondary N) is 1. The average molecular weight is 266 g/mol. The minimum absolute atomic E-state index is 0.0131. The molecular formula is C13H15FN2OS. The summed E-state index contributed by atoms with van der Waals surface area (Å²) in [5.74, 6) is 0.344. The highest BCUT2D eigenvalue weighted by Gasteiger charge is 2.13. The Morgan fingerprint density at radius 2 is 2.22 bits per heavy atom. The van der Waals surface area contributed by atoms with Crippen molar-refractivity contribution in [1.29, 1.82) is 0 Å². The number of benzene rings is 1. The van der Waals surface area contributed by atoms with Crippen molar-refractivity contribution in [2.24, 2.45) is 0 Å². The van der Waals surface area contributed by atoms with Crippen molar-refractivity contribution >= 4 is 17.0 Å². The fourth-order valence-corrected chi connectivity index (χ4v) is 2.58. The second-order valence-corrected chi connectivity index (χ2v) is 4.90. The van der Waals surface area contributed by atoms with Crippen LogP contribution >= 0.6 is 11.3 Å². The first-order chi connectivity index (χ1) is 8.61. The monoisotopic (exact) mass is 266 g/mol. The van der Waals surface area contributed by atoms with Crippen LogP contribution in [0.5, 0.6) is 5.75 Å². The minimum Gasteiger partial charge on any atom is -0.497 e. The molecular weight excluding hydrogens is 251 g/mol. The Hall–Kier alpha value is -1.62. The van der Waals surface area contributed by atoms with Crippen molar-refractivity contribution in [2.45, 2.75) is 19.9 Å². The van der Waals surface area contributed by atoms with Crippen molar-refractivity contribution in [3.05, 3.63) is 40.1 Å². The molecule has 1 N–H and O–H groups in total. The molecule has 0 saturated carbocycles. The molecule has 0 amide bonds. The van der Waals surface area contributed by atoms with E-state index >= 15 is 0 Å². The van der Waals surface area contributed by atoms with Crippen LogP contribution < -0.4 is 10.1 Å². The Bertz CT molecular complexity index is 542. The van der Waals surface area contributed by atoms with Gasteiger partial charge in [-0.05, 0) is 26.0 Å². The van der Waals surface area contributed by atoms with Gasteiger partial charge in [0.1, 0.15) is 11.6 Å². The van der Waals surface area contributed by atoms with Crippen molar-refractivity contribution < 1.29 is 9.13 Å². The fraction of sp³-hybridized carbons (Fsp3) is 0.308. The van der Waals surface area contributed by atoms with Crippen molar-refractivity contribution in [1.82, 2.24) is 4.98 Å². The number of nitrogens with zero attached hydrogens (tertiary/aromatic N) is 1. The summed E-state index contributed by atoms with van der Waals surface area (Å²) in [7, 11) is 1.56. The third-order valence-electron chi connectivity index (χ3n) is 2.72. The van der Waals surface area contributed by atoms with E-state index in [0.29, 0.717) is 11.4 Å². The number of aryl methyl sites for hydroxylation is 1. The van der Waals surface area contributed by atoms with Crippen molar-refractivity contribution in [3.63, 3.8) is 0 Å². The first kappa shape index (κ1) is 12.8. The molecule has 0 fully saturated rings. The predicted molar refractivity (Wildman–Crippen MR) is 71.8 cm³/mol. The van der Waals surface area contributed by atoms with Crippen LogP contribution in [0.2, 0.25) is 0 Å². The highest BCUT2D eigenvalue weighted by Crippen LogP contribution is 2.28. The van der Waals surface area contributed by atoms with Crippen LogP contribution in [0.3, 0.4) is 0 Å². The Morgan fingerprint density at radius 3 is 2.83 bits per heavy atom. The molecule has 1 aromatic heterocycles. The number of ether oxygens (including phenoxy) is 1. The number of aromatic nitrogens is 1. The molecule has 18 heavy (non-hydrogen) atoms. The van der Waals surface area contributed by atoms with Gasteiger partial charge in [0.25, 0.3) is 0 Å². The second kappa shape index (κ2) is 5.35. The number of thiazole rings is 1. The molecule has 1 atom stereocenters. The normalized spacial score (nSPS) is 12.2. The quantitative estimate of drug-likeness (QED) is 0.914. The molecule has 0 saturated heterocycles. The Morgan fingerprint density at radius 1 is 1.44 bits per heavy atom. The SMILES string of the molecule is COc1ccc(F)c(NC(C)c2scnc2C)c1. The number of anilines is 1. The zero-order valence-electron chi connectivity index (χ0n) is 10.5. The Balaban J connectivity index is 2.21. The van der Waals surface area contributed by atoms with Gasteiger partial charge in [0.2, 0.25) is 0 Å². The van der Waals surface area contributed by atoms with Gasteiger partial charge in [-0.1, -0.05) is 0 Å². The molecule has 1 heterocycles. The maximum Gasteiger partial charge on any atom is 0.146 e. The number of hydrogen-bond donors (Lipinski definition) is 1. The summed E-state index contributed by atoms with van der Waals surface area (Å²) in [6.07, 6.45) is 0. The van der Waals surface area contributed by atoms with Crippen molar-refractivity contribution in [3.8, 4) is 5.75 Å². The molecule has 1 unspecified atom stereocenters. The zero-order valence-corrected chi connectivity index (χ0v) is 11.3. The summed E-state index contributed by atoms with van der Waals surface area (Å²) in [5.41, 5.74) is 3.21. The van der Waals surface area contributed by atoms with Gasteiger partial charge in [-0.2, -0.15) is 0 Å². The van der Waals surface area contributed by atoms with E-state index in [0.717, 1.165) is 10.6 Å². The number of rotatable bonds is 4. The molecule has 0 aliphatic carbocycles. The van der Waals surface area contributed by atoms with Gasteiger partial charge in [-0.15, -0.1) is 11.3 Å². The van der Waals surface area contributed by atoms with E-state index in [4.69, 9.17) is 4.74 Å². The van der Waals surface area contributed by atoms with Crippen LogP contribution in [-0.4, -0.2) is 12.1 Å². The van der Waals surface area contributed by atoms with E-state index in [1.54, 1.807) is 36.1 Å². The fourth-order valence-electron chi connectivity index (χ4n) is 1.77. The highest BCUT2D eigenvalue weighted by molar-refractivity contribution is 7.09. The first-order valence-corrected chi connectivity index (χ1v) is 6.50. The van der Waals surface area contributed by atoms with Gasteiger partial charge in [0.05, 0.1) is 30.0 Å². The standard InChI is InChI=1S/C13H15FN2OS/c1-8-13(18-7-15-8)9(2)16-12-6-10(17-3)4-5-11(12)14/h4-7,9,16H,1-3H3. The van der Waals surface area contributed by atoms with Gasteiger partial charge in [-0.3, -0.25) is 0 Å². The molecule has 96 valence electrons. The van der Waals surface area contributed by atoms with E-state index in [1.165, 1.54) is 6.07 Å². The Labute approximate surface area is 110 Å². The molecule has 2 rings (SSSR count). The van der Waals surface area contributed by atoms with Gasteiger partial charge < -0.3 is 10.1 Å². The lowest BCUT2D eigenvalue weighted by molar-refractivity contribution is 0.414. The van der Waals surface area contributed by atoms with Crippen molar-refractivity contribution in [2.75, 3.05) is 12.4 Å². The van der Waals surface area contributed by atoms with E-state index in [-0.39, 0.29) is 11.9 Å². The molecule has 1 aromatic carbocycles. The summed E-state index contributed by atoms with van der Waals surface area (Å²) in [4.78, 5) is 5.30. The first-order valence-electron chi connectivity index (χ1n) is 5.62. The molecule has 0 aliphatic rings. The Kier molecular flexibility index (Phi) is 3.81. The summed E-state index contributed by atoms with van der Waals surface area (Å²) in [5, 5.41) is 3.14. The van der Waals surface area contributed by atoms with Crippen LogP contribution in [0.1, 0.15) is 23.5 Å². The third kappa shape index (κ3) is 2.61. The summed E-state index contributed by atoms with van der Waals surface area (Å²) < 4.78 is 18.8. The lowest BCUT2D eigenvalue weighted by Gasteiger charge is -2.15. The van der Waals surface area contributed by atoms with Crippen LogP contribution in [0.15, 0.2) is 23.7 Å². The summed E-state index contributed by atoms with van der Waals surface area (Å²) in [6, 6.07) is 4.66. The number of halogens is 1. The smallest absolute Gasteiger partial charge is 0.146 e. The third-order valence-corrected chi connectivity index (χ3v) is 3.84. The predicted octanol–water partition coefficient (Wildman–Crippen LogP) is 3.77. The van der Waals surface area contributed by atoms with E-state index in [9.17, 15) is 4.39 Å². The van der Waals surface area contributed by atoms with Gasteiger partial charge in [0.15, 0.2) is 0 Å². The molecule has 0 bridgehead atoms. The molecule has 0 spiro atoms. The van der Waals surface area contributed by atoms with E-state index < -0.39 is 0 Å². The largest absolute Gasteiger partial charge is 0.497 e. The lowest BCUT2D eigenvalue weighted by atomic mass is 10.2. The van der Waals surface area contributed by atoms with E-state index in [1.807, 2.05) is 13.8 Å². The van der Waals surface area contributed by atoms with E-state index in [2.05, 4.69) is 10.3 Å². The average Bonchev–Trinajstić information content (AvgIpc) is 2.78. The van der Waals surface area contributed by atoms with Gasteiger partial charge >= 0.3 is 0 Å². The van der Waals surface area contributed by atoms with Gasteiger partial charge in [-0.25, -0.2) is 9.37 Å².